The molecule has 0 unspecified atom stereocenters. The lowest BCUT2D eigenvalue weighted by Crippen LogP contribution is -2.18. The van der Waals surface area contributed by atoms with E-state index in [2.05, 4.69) is 15.2 Å². The molecule has 0 aliphatic rings. The van der Waals surface area contributed by atoms with Gasteiger partial charge >= 0.3 is 6.18 Å². The Hall–Kier alpha value is -3.50. The van der Waals surface area contributed by atoms with Crippen molar-refractivity contribution in [3.8, 4) is 17.2 Å². The van der Waals surface area contributed by atoms with Crippen LogP contribution in [0.4, 0.5) is 13.2 Å². The van der Waals surface area contributed by atoms with Gasteiger partial charge in [-0.05, 0) is 30.3 Å². The number of halogens is 3. The summed E-state index contributed by atoms with van der Waals surface area (Å²) in [4.78, 5) is 9.32. The molecule has 0 amide bonds. The van der Waals surface area contributed by atoms with E-state index in [1.807, 2.05) is 0 Å². The third-order valence-electron chi connectivity index (χ3n) is 3.70. The molecule has 11 heteroatoms. The maximum absolute atomic E-state index is 12.7. The van der Waals surface area contributed by atoms with Crippen LogP contribution in [-0.2, 0) is 24.7 Å². The number of amidine groups is 1. The number of oxazole rings is 1. The van der Waals surface area contributed by atoms with Gasteiger partial charge in [-0.25, -0.2) is 4.98 Å². The number of aryl methyl sites for hydroxylation is 1. The molecule has 0 saturated carbocycles. The lowest BCUT2D eigenvalue weighted by molar-refractivity contribution is -0.141. The van der Waals surface area contributed by atoms with E-state index in [0.717, 1.165) is 16.3 Å². The fourth-order valence-corrected chi connectivity index (χ4v) is 2.30. The van der Waals surface area contributed by atoms with E-state index < -0.39 is 11.9 Å². The minimum Gasteiger partial charge on any atom is -0.497 e. The van der Waals surface area contributed by atoms with Crippen LogP contribution in [0.15, 0.2) is 46.2 Å². The second-order valence-electron chi connectivity index (χ2n) is 5.66. The first-order chi connectivity index (χ1) is 13.3. The fourth-order valence-electron chi connectivity index (χ4n) is 2.30. The monoisotopic (exact) mass is 395 g/mol. The van der Waals surface area contributed by atoms with Crippen molar-refractivity contribution in [1.29, 1.82) is 0 Å². The molecule has 2 N–H and O–H groups in total. The van der Waals surface area contributed by atoms with Crippen molar-refractivity contribution in [2.75, 3.05) is 7.11 Å². The van der Waals surface area contributed by atoms with Crippen LogP contribution in [0.5, 0.6) is 5.75 Å². The molecule has 1 aromatic carbocycles. The summed E-state index contributed by atoms with van der Waals surface area (Å²) < 4.78 is 49.5. The van der Waals surface area contributed by atoms with Gasteiger partial charge in [-0.2, -0.15) is 18.3 Å². The van der Waals surface area contributed by atoms with E-state index >= 15 is 0 Å². The number of alkyl halides is 3. The third kappa shape index (κ3) is 4.24. The number of rotatable bonds is 6. The van der Waals surface area contributed by atoms with Gasteiger partial charge in [0.15, 0.2) is 18.1 Å². The molecule has 3 rings (SSSR count). The summed E-state index contributed by atoms with van der Waals surface area (Å²) in [7, 11) is 2.89. The van der Waals surface area contributed by atoms with Crippen molar-refractivity contribution in [2.24, 2.45) is 17.9 Å². The lowest BCUT2D eigenvalue weighted by Gasteiger charge is -2.01. The first-order valence-electron chi connectivity index (χ1n) is 7.94. The van der Waals surface area contributed by atoms with E-state index in [0.29, 0.717) is 17.3 Å². The van der Waals surface area contributed by atoms with Gasteiger partial charge in [0, 0.05) is 12.6 Å². The molecule has 148 valence electrons. The molecule has 28 heavy (non-hydrogen) atoms. The molecule has 2 heterocycles. The van der Waals surface area contributed by atoms with E-state index in [9.17, 15) is 13.2 Å². The maximum atomic E-state index is 12.7. The predicted octanol–water partition coefficient (Wildman–Crippen LogP) is 2.94. The van der Waals surface area contributed by atoms with Crippen LogP contribution in [0, 0.1) is 0 Å². The normalized spacial score (nSPS) is 12.2. The van der Waals surface area contributed by atoms with E-state index in [1.165, 1.54) is 13.3 Å². The molecule has 0 saturated heterocycles. The molecular formula is C17H16F3N5O3. The van der Waals surface area contributed by atoms with Crippen LogP contribution >= 0.6 is 0 Å². The SMILES string of the molecule is COc1ccc(-c2nc(CO/N=C(\N)c3cc(C(F)(F)F)nn3C)co2)cc1. The molecular weight excluding hydrogens is 379 g/mol. The van der Waals surface area contributed by atoms with Crippen LogP contribution in [0.1, 0.15) is 17.1 Å². The van der Waals surface area contributed by atoms with Gasteiger partial charge in [0.05, 0.1) is 7.11 Å². The summed E-state index contributed by atoms with van der Waals surface area (Å²) in [6.45, 7) is -0.0790. The predicted molar refractivity (Wildman–Crippen MR) is 92.2 cm³/mol. The zero-order valence-electron chi connectivity index (χ0n) is 14.9. The van der Waals surface area contributed by atoms with Crippen molar-refractivity contribution in [1.82, 2.24) is 14.8 Å². The summed E-state index contributed by atoms with van der Waals surface area (Å²) in [5, 5.41) is 6.98. The van der Waals surface area contributed by atoms with Crippen molar-refractivity contribution >= 4 is 5.84 Å². The second kappa shape index (κ2) is 7.62. The average Bonchev–Trinajstić information content (AvgIpc) is 3.28. The second-order valence-corrected chi connectivity index (χ2v) is 5.66. The van der Waals surface area contributed by atoms with Crippen LogP contribution in [0.25, 0.3) is 11.5 Å². The van der Waals surface area contributed by atoms with Crippen LogP contribution in [0.2, 0.25) is 0 Å². The third-order valence-corrected chi connectivity index (χ3v) is 3.70. The van der Waals surface area contributed by atoms with E-state index in [-0.39, 0.29) is 18.1 Å². The minimum absolute atomic E-state index is 0.0219. The fraction of sp³-hybridized carbons (Fsp3) is 0.235. The summed E-state index contributed by atoms with van der Waals surface area (Å²) >= 11 is 0. The van der Waals surface area contributed by atoms with Crippen LogP contribution in [-0.4, -0.2) is 27.7 Å². The molecule has 0 atom stereocenters. The first-order valence-corrected chi connectivity index (χ1v) is 7.94. The Labute approximate surface area is 157 Å². The standard InChI is InChI=1S/C17H16F3N5O3/c1-25-13(7-14(23-25)17(18,19)20)15(21)24-28-9-11-8-27-16(22-11)10-3-5-12(26-2)6-4-10/h3-8H,9H2,1-2H3,(H2,21,24). The Bertz CT molecular complexity index is 977. The number of oxime groups is 1. The summed E-state index contributed by atoms with van der Waals surface area (Å²) in [5.74, 6) is 0.830. The van der Waals surface area contributed by atoms with Gasteiger partial charge in [0.2, 0.25) is 5.89 Å². The Balaban J connectivity index is 1.64. The highest BCUT2D eigenvalue weighted by Gasteiger charge is 2.35. The topological polar surface area (TPSA) is 101 Å². The molecule has 0 bridgehead atoms. The highest BCUT2D eigenvalue weighted by atomic mass is 19.4. The van der Waals surface area contributed by atoms with E-state index in [4.69, 9.17) is 19.7 Å². The van der Waals surface area contributed by atoms with Gasteiger partial charge in [-0.15, -0.1) is 0 Å². The number of nitrogens with zero attached hydrogens (tertiary/aromatic N) is 4. The summed E-state index contributed by atoms with van der Waals surface area (Å²) in [5.41, 5.74) is 5.77. The summed E-state index contributed by atoms with van der Waals surface area (Å²) in [6.07, 6.45) is -3.19. The van der Waals surface area contributed by atoms with Gasteiger partial charge in [0.1, 0.15) is 23.4 Å². The minimum atomic E-state index is -4.57. The largest absolute Gasteiger partial charge is 0.497 e. The number of hydrogen-bond donors (Lipinski definition) is 1. The number of methoxy groups -OCH3 is 1. The highest BCUT2D eigenvalue weighted by molar-refractivity contribution is 5.95. The Morgan fingerprint density at radius 2 is 2.00 bits per heavy atom. The van der Waals surface area contributed by atoms with E-state index in [1.54, 1.807) is 31.4 Å². The van der Waals surface area contributed by atoms with Crippen molar-refractivity contribution in [2.45, 2.75) is 12.8 Å². The molecule has 0 radical (unpaired) electrons. The Kier molecular flexibility index (Phi) is 5.25. The first kappa shape index (κ1) is 19.3. The van der Waals surface area contributed by atoms with Gasteiger partial charge < -0.3 is 19.7 Å². The number of hydrogen-bond acceptors (Lipinski definition) is 6. The molecule has 2 aromatic heterocycles. The van der Waals surface area contributed by atoms with Gasteiger partial charge in [-0.3, -0.25) is 4.68 Å². The number of aromatic nitrogens is 3. The molecule has 0 fully saturated rings. The smallest absolute Gasteiger partial charge is 0.435 e. The zero-order valence-corrected chi connectivity index (χ0v) is 14.9. The zero-order chi connectivity index (χ0) is 20.3. The summed E-state index contributed by atoms with van der Waals surface area (Å²) in [6, 6.07) is 7.89. The molecule has 0 aliphatic heterocycles. The quantitative estimate of drug-likeness (QED) is 0.391. The van der Waals surface area contributed by atoms with Crippen LogP contribution in [0.3, 0.4) is 0 Å². The lowest BCUT2D eigenvalue weighted by atomic mass is 10.2. The van der Waals surface area contributed by atoms with Gasteiger partial charge in [0.25, 0.3) is 0 Å². The Morgan fingerprint density at radius 1 is 1.29 bits per heavy atom. The maximum Gasteiger partial charge on any atom is 0.435 e. The number of ether oxygens (including phenoxy) is 1. The average molecular weight is 395 g/mol. The van der Waals surface area contributed by atoms with Crippen molar-refractivity contribution in [3.05, 3.63) is 53.7 Å². The molecule has 8 nitrogen and oxygen atoms in total. The molecule has 0 spiro atoms. The number of benzene rings is 1. The van der Waals surface area contributed by atoms with Crippen molar-refractivity contribution < 1.29 is 27.2 Å². The van der Waals surface area contributed by atoms with Crippen molar-refractivity contribution in [3.63, 3.8) is 0 Å². The number of nitrogens with two attached hydrogens (primary N) is 1. The highest BCUT2D eigenvalue weighted by Crippen LogP contribution is 2.28. The molecule has 0 aliphatic carbocycles. The Morgan fingerprint density at radius 3 is 2.61 bits per heavy atom. The van der Waals surface area contributed by atoms with Crippen LogP contribution < -0.4 is 10.5 Å². The molecule has 3 aromatic rings. The van der Waals surface area contributed by atoms with Gasteiger partial charge in [-0.1, -0.05) is 5.16 Å².